The topological polar surface area (TPSA) is 192 Å². The number of aliphatic hydroxyl groups is 1. The fourth-order valence-corrected chi connectivity index (χ4v) is 5.73. The summed E-state index contributed by atoms with van der Waals surface area (Å²) < 4.78 is 32.5. The maximum absolute atomic E-state index is 12.6. The fourth-order valence-electron chi connectivity index (χ4n) is 4.95. The van der Waals surface area contributed by atoms with Crippen LogP contribution in [-0.4, -0.2) is 71.1 Å². The van der Waals surface area contributed by atoms with Crippen LogP contribution in [0.2, 0.25) is 0 Å². The summed E-state index contributed by atoms with van der Waals surface area (Å²) in [5.74, 6) is -2.51. The SMILES string of the molecule is CC/C=C\C/C=C\CC(O)/C=C/C=C\C/C=C\CCCC(=O)OC[C@H](COP(=O)(O)OC[C@H](N)C(=O)O)OC(=O)CCCCCCCCCCCCCC. The number of aliphatic carboxylic acids is 1. The number of carboxylic acid groups (broad SMARTS) is 1. The van der Waals surface area contributed by atoms with Crippen molar-refractivity contribution in [2.75, 3.05) is 19.8 Å². The summed E-state index contributed by atoms with van der Waals surface area (Å²) >= 11 is 0. The zero-order valence-electron chi connectivity index (χ0n) is 32.9. The van der Waals surface area contributed by atoms with Gasteiger partial charge < -0.3 is 30.3 Å². The lowest BCUT2D eigenvalue weighted by atomic mass is 10.0. The maximum Gasteiger partial charge on any atom is 0.472 e. The Morgan fingerprint density at radius 3 is 1.91 bits per heavy atom. The van der Waals surface area contributed by atoms with Crippen molar-refractivity contribution in [3.05, 3.63) is 60.8 Å². The Balaban J connectivity index is 4.57. The minimum atomic E-state index is -4.74. The number of phosphoric acid groups is 1. The third kappa shape index (κ3) is 34.9. The van der Waals surface area contributed by atoms with Gasteiger partial charge in [0, 0.05) is 12.8 Å². The molecule has 12 nitrogen and oxygen atoms in total. The highest BCUT2D eigenvalue weighted by Gasteiger charge is 2.28. The van der Waals surface area contributed by atoms with Crippen molar-refractivity contribution in [1.82, 2.24) is 0 Å². The lowest BCUT2D eigenvalue weighted by molar-refractivity contribution is -0.161. The Hall–Kier alpha value is -2.86. The van der Waals surface area contributed by atoms with E-state index in [9.17, 15) is 28.9 Å². The van der Waals surface area contributed by atoms with Gasteiger partial charge in [0.2, 0.25) is 0 Å². The molecular weight excluding hydrogens is 713 g/mol. The number of allylic oxidation sites excluding steroid dienone is 8. The zero-order valence-corrected chi connectivity index (χ0v) is 33.8. The monoisotopic (exact) mass is 783 g/mol. The van der Waals surface area contributed by atoms with Crippen LogP contribution in [0.3, 0.4) is 0 Å². The van der Waals surface area contributed by atoms with E-state index in [1.165, 1.54) is 51.4 Å². The molecule has 0 saturated carbocycles. The normalized spacial score (nSPS) is 15.1. The van der Waals surface area contributed by atoms with E-state index in [4.69, 9.17) is 24.8 Å². The van der Waals surface area contributed by atoms with Crippen molar-refractivity contribution >= 4 is 25.7 Å². The highest BCUT2D eigenvalue weighted by Crippen LogP contribution is 2.43. The van der Waals surface area contributed by atoms with E-state index in [-0.39, 0.29) is 12.8 Å². The van der Waals surface area contributed by atoms with Crippen LogP contribution >= 0.6 is 7.82 Å². The number of hydrogen-bond donors (Lipinski definition) is 4. The van der Waals surface area contributed by atoms with Crippen LogP contribution in [0, 0.1) is 0 Å². The van der Waals surface area contributed by atoms with E-state index < -0.39 is 63.8 Å². The zero-order chi connectivity index (χ0) is 40.1. The number of carboxylic acids is 1. The molecule has 13 heteroatoms. The summed E-state index contributed by atoms with van der Waals surface area (Å²) in [6.07, 6.45) is 36.1. The van der Waals surface area contributed by atoms with Gasteiger partial charge in [0.25, 0.3) is 0 Å². The molecule has 0 saturated heterocycles. The molecule has 0 aromatic rings. The van der Waals surface area contributed by atoms with E-state index in [1.807, 2.05) is 42.5 Å². The molecular formula is C41H70NO11P. The predicted octanol–water partition coefficient (Wildman–Crippen LogP) is 8.97. The van der Waals surface area contributed by atoms with Gasteiger partial charge in [-0.1, -0.05) is 145 Å². The van der Waals surface area contributed by atoms with Crippen LogP contribution in [0.5, 0.6) is 0 Å². The minimum Gasteiger partial charge on any atom is -0.480 e. The number of rotatable bonds is 36. The van der Waals surface area contributed by atoms with Crippen molar-refractivity contribution < 1.29 is 52.6 Å². The van der Waals surface area contributed by atoms with E-state index in [0.717, 1.165) is 32.1 Å². The standard InChI is InChI=1S/C41H70NO11P/c1-3-5-7-9-11-12-13-14-15-20-24-28-32-40(45)53-37(34-51-54(48,49)52-35-38(42)41(46)47)33-50-39(44)31-27-23-19-17-16-18-22-26-30-36(43)29-25-21-10-8-6-4-2/h6,8,17-19,21-22,25-26,30,36-38,43H,3-5,7,9-16,20,23-24,27-29,31-35,42H2,1-2H3,(H,46,47)(H,48,49)/b8-6-,19-17-,22-18-,25-21-,30-26+/t36?,37-,38+/m1/s1. The second-order valence-corrected chi connectivity index (χ2v) is 14.7. The number of esters is 2. The molecule has 54 heavy (non-hydrogen) atoms. The van der Waals surface area contributed by atoms with Gasteiger partial charge in [-0.05, 0) is 44.9 Å². The van der Waals surface area contributed by atoms with Crippen LogP contribution in [0.4, 0.5) is 0 Å². The average molecular weight is 784 g/mol. The molecule has 310 valence electrons. The molecule has 0 amide bonds. The molecule has 4 atom stereocenters. The maximum atomic E-state index is 12.6. The van der Waals surface area contributed by atoms with Crippen LogP contribution in [0.25, 0.3) is 0 Å². The molecule has 2 unspecified atom stereocenters. The Morgan fingerprint density at radius 1 is 0.685 bits per heavy atom. The summed E-state index contributed by atoms with van der Waals surface area (Å²) in [4.78, 5) is 45.8. The van der Waals surface area contributed by atoms with Crippen LogP contribution in [-0.2, 0) is 37.5 Å². The van der Waals surface area contributed by atoms with Crippen LogP contribution in [0.1, 0.15) is 142 Å². The summed E-state index contributed by atoms with van der Waals surface area (Å²) in [6.45, 7) is 2.52. The van der Waals surface area contributed by atoms with E-state index in [2.05, 4.69) is 30.5 Å². The highest BCUT2D eigenvalue weighted by molar-refractivity contribution is 7.47. The lowest BCUT2D eigenvalue weighted by Gasteiger charge is -2.20. The summed E-state index contributed by atoms with van der Waals surface area (Å²) in [7, 11) is -4.74. The number of aliphatic hydroxyl groups excluding tert-OH is 1. The van der Waals surface area contributed by atoms with E-state index >= 15 is 0 Å². The third-order valence-electron chi connectivity index (χ3n) is 8.11. The lowest BCUT2D eigenvalue weighted by Crippen LogP contribution is -2.34. The molecule has 0 spiro atoms. The number of phosphoric ester groups is 1. The Bertz CT molecular complexity index is 1170. The van der Waals surface area contributed by atoms with Gasteiger partial charge in [-0.3, -0.25) is 23.4 Å². The van der Waals surface area contributed by atoms with Gasteiger partial charge >= 0.3 is 25.7 Å². The summed E-state index contributed by atoms with van der Waals surface area (Å²) in [5, 5.41) is 18.9. The van der Waals surface area contributed by atoms with Crippen molar-refractivity contribution in [1.29, 1.82) is 0 Å². The summed E-state index contributed by atoms with van der Waals surface area (Å²) in [6, 6.07) is -1.54. The quantitative estimate of drug-likeness (QED) is 0.0155. The molecule has 0 aliphatic rings. The Morgan fingerprint density at radius 2 is 1.26 bits per heavy atom. The number of carbonyl (C=O) groups is 3. The molecule has 0 aliphatic carbocycles. The highest BCUT2D eigenvalue weighted by atomic mass is 31.2. The fraction of sp³-hybridized carbons (Fsp3) is 0.683. The molecule has 0 radical (unpaired) electrons. The van der Waals surface area contributed by atoms with Gasteiger partial charge in [0.15, 0.2) is 6.10 Å². The first-order valence-corrected chi connectivity index (χ1v) is 21.4. The van der Waals surface area contributed by atoms with Crippen molar-refractivity contribution in [2.45, 2.75) is 161 Å². The molecule has 5 N–H and O–H groups in total. The van der Waals surface area contributed by atoms with Crippen molar-refractivity contribution in [3.8, 4) is 0 Å². The average Bonchev–Trinajstić information content (AvgIpc) is 3.14. The van der Waals surface area contributed by atoms with Crippen molar-refractivity contribution in [3.63, 3.8) is 0 Å². The molecule has 0 aliphatic heterocycles. The second kappa shape index (κ2) is 35.8. The number of nitrogens with two attached hydrogens (primary N) is 1. The molecule has 0 bridgehead atoms. The van der Waals surface area contributed by atoms with Gasteiger partial charge in [-0.15, -0.1) is 0 Å². The van der Waals surface area contributed by atoms with E-state index in [0.29, 0.717) is 32.1 Å². The largest absolute Gasteiger partial charge is 0.480 e. The van der Waals surface area contributed by atoms with Gasteiger partial charge in [0.1, 0.15) is 12.6 Å². The van der Waals surface area contributed by atoms with E-state index in [1.54, 1.807) is 6.08 Å². The molecule has 0 aromatic carbocycles. The number of ether oxygens (including phenoxy) is 2. The van der Waals surface area contributed by atoms with Crippen molar-refractivity contribution in [2.24, 2.45) is 5.73 Å². The van der Waals surface area contributed by atoms with Gasteiger partial charge in [-0.25, -0.2) is 4.57 Å². The smallest absolute Gasteiger partial charge is 0.472 e. The number of carbonyl (C=O) groups excluding carboxylic acids is 2. The Kier molecular flexibility index (Phi) is 33.9. The number of hydrogen-bond acceptors (Lipinski definition) is 10. The molecule has 0 rings (SSSR count). The molecule has 0 aromatic heterocycles. The third-order valence-corrected chi connectivity index (χ3v) is 9.06. The second-order valence-electron chi connectivity index (χ2n) is 13.2. The first-order valence-electron chi connectivity index (χ1n) is 19.9. The molecule has 0 fully saturated rings. The minimum absolute atomic E-state index is 0.110. The first-order chi connectivity index (χ1) is 26.0. The van der Waals surface area contributed by atoms with Gasteiger partial charge in [-0.2, -0.15) is 0 Å². The Labute approximate surface area is 324 Å². The van der Waals surface area contributed by atoms with Crippen LogP contribution in [0.15, 0.2) is 60.8 Å². The predicted molar refractivity (Wildman–Crippen MR) is 214 cm³/mol. The number of unbranched alkanes of at least 4 members (excludes halogenated alkanes) is 12. The van der Waals surface area contributed by atoms with Crippen LogP contribution < -0.4 is 5.73 Å². The first kappa shape index (κ1) is 51.1. The van der Waals surface area contributed by atoms with Gasteiger partial charge in [0.05, 0.1) is 19.3 Å². The molecule has 0 heterocycles. The summed E-state index contributed by atoms with van der Waals surface area (Å²) in [5.41, 5.74) is 5.31.